The monoisotopic (exact) mass is 498 g/mol. The molecule has 3 heterocycles. The van der Waals surface area contributed by atoms with E-state index in [0.717, 1.165) is 59.5 Å². The number of nitrogens with one attached hydrogen (secondary N) is 3. The van der Waals surface area contributed by atoms with Crippen molar-refractivity contribution in [3.63, 3.8) is 0 Å². The SMILES string of the molecule is Cc1cc(C)c(CNC(=O)c2cc(-c3ccc(N4CCNCC4)cc3)cc3c2cnn3C(C)C)c(=O)[nH]1. The predicted molar refractivity (Wildman–Crippen MR) is 148 cm³/mol. The summed E-state index contributed by atoms with van der Waals surface area (Å²) in [6.07, 6.45) is 1.76. The number of fused-ring (bicyclic) bond motifs is 1. The van der Waals surface area contributed by atoms with Gasteiger partial charge in [0.15, 0.2) is 0 Å². The minimum atomic E-state index is -0.230. The lowest BCUT2D eigenvalue weighted by Gasteiger charge is -2.29. The topological polar surface area (TPSA) is 95.1 Å². The summed E-state index contributed by atoms with van der Waals surface area (Å²) in [4.78, 5) is 31.1. The normalized spacial score (nSPS) is 13.9. The summed E-state index contributed by atoms with van der Waals surface area (Å²) in [5, 5.41) is 11.7. The molecule has 4 aromatic rings. The van der Waals surface area contributed by atoms with Crippen LogP contribution in [0.25, 0.3) is 22.0 Å². The van der Waals surface area contributed by atoms with Crippen LogP contribution in [0.1, 0.15) is 47.1 Å². The van der Waals surface area contributed by atoms with Gasteiger partial charge in [0.1, 0.15) is 0 Å². The molecule has 8 nitrogen and oxygen atoms in total. The largest absolute Gasteiger partial charge is 0.369 e. The molecule has 2 aromatic carbocycles. The second-order valence-electron chi connectivity index (χ2n) is 10.0. The third-order valence-corrected chi connectivity index (χ3v) is 7.05. The lowest BCUT2D eigenvalue weighted by molar-refractivity contribution is 0.0952. The first-order chi connectivity index (χ1) is 17.8. The minimum absolute atomic E-state index is 0.146. The fraction of sp³-hybridized carbons (Fsp3) is 0.345. The Morgan fingerprint density at radius 2 is 1.78 bits per heavy atom. The first-order valence-corrected chi connectivity index (χ1v) is 12.9. The molecule has 0 spiro atoms. The second kappa shape index (κ2) is 10.2. The number of hydrogen-bond acceptors (Lipinski definition) is 5. The van der Waals surface area contributed by atoms with Crippen molar-refractivity contribution in [2.75, 3.05) is 31.1 Å². The van der Waals surface area contributed by atoms with Crippen LogP contribution in [0, 0.1) is 13.8 Å². The molecule has 1 amide bonds. The van der Waals surface area contributed by atoms with Crippen LogP contribution in [0.2, 0.25) is 0 Å². The summed E-state index contributed by atoms with van der Waals surface area (Å²) in [6.45, 7) is 12.0. The van der Waals surface area contributed by atoms with Crippen molar-refractivity contribution < 1.29 is 4.79 Å². The van der Waals surface area contributed by atoms with Crippen molar-refractivity contribution in [3.05, 3.63) is 81.4 Å². The van der Waals surface area contributed by atoms with Gasteiger partial charge in [-0.15, -0.1) is 0 Å². The average molecular weight is 499 g/mol. The molecule has 37 heavy (non-hydrogen) atoms. The zero-order valence-corrected chi connectivity index (χ0v) is 21.9. The summed E-state index contributed by atoms with van der Waals surface area (Å²) in [6, 6.07) is 14.6. The van der Waals surface area contributed by atoms with Crippen molar-refractivity contribution >= 4 is 22.5 Å². The maximum Gasteiger partial charge on any atom is 0.253 e. The quantitative estimate of drug-likeness (QED) is 0.375. The predicted octanol–water partition coefficient (Wildman–Crippen LogP) is 3.93. The molecule has 2 aromatic heterocycles. The van der Waals surface area contributed by atoms with Crippen LogP contribution in [0.3, 0.4) is 0 Å². The van der Waals surface area contributed by atoms with Gasteiger partial charge in [-0.3, -0.25) is 14.3 Å². The van der Waals surface area contributed by atoms with E-state index in [4.69, 9.17) is 0 Å². The minimum Gasteiger partial charge on any atom is -0.369 e. The highest BCUT2D eigenvalue weighted by molar-refractivity contribution is 6.08. The highest BCUT2D eigenvalue weighted by Gasteiger charge is 2.18. The number of anilines is 1. The van der Waals surface area contributed by atoms with E-state index >= 15 is 0 Å². The van der Waals surface area contributed by atoms with Gasteiger partial charge in [-0.05, 0) is 74.7 Å². The van der Waals surface area contributed by atoms with E-state index in [9.17, 15) is 9.59 Å². The number of aromatic nitrogens is 3. The Morgan fingerprint density at radius 1 is 1.05 bits per heavy atom. The molecular formula is C29H34N6O2. The molecule has 0 atom stereocenters. The summed E-state index contributed by atoms with van der Waals surface area (Å²) in [5.74, 6) is -0.230. The second-order valence-corrected chi connectivity index (χ2v) is 10.0. The standard InChI is InChI=1S/C29H34N6O2/c1-18(2)35-27-15-22(21-5-7-23(8-6-21)34-11-9-30-10-12-34)14-24(26(27)17-32-35)28(36)31-16-25-19(3)13-20(4)33-29(25)37/h5-8,13-15,17-18,30H,9-12,16H2,1-4H3,(H,31,36)(H,33,37). The number of benzene rings is 2. The van der Waals surface area contributed by atoms with Gasteiger partial charge < -0.3 is 20.5 Å². The highest BCUT2D eigenvalue weighted by atomic mass is 16.1. The zero-order chi connectivity index (χ0) is 26.1. The number of H-pyrrole nitrogens is 1. The molecule has 0 unspecified atom stereocenters. The number of amides is 1. The number of carbonyl (C=O) groups excluding carboxylic acids is 1. The van der Waals surface area contributed by atoms with Gasteiger partial charge in [-0.2, -0.15) is 5.10 Å². The Labute approximate surface area is 216 Å². The lowest BCUT2D eigenvalue weighted by atomic mass is 9.99. The molecule has 1 aliphatic heterocycles. The van der Waals surface area contributed by atoms with Crippen molar-refractivity contribution in [1.29, 1.82) is 0 Å². The number of pyridine rings is 1. The van der Waals surface area contributed by atoms with E-state index in [0.29, 0.717) is 11.1 Å². The van der Waals surface area contributed by atoms with E-state index in [1.807, 2.05) is 30.7 Å². The van der Waals surface area contributed by atoms with Crippen molar-refractivity contribution in [3.8, 4) is 11.1 Å². The molecule has 0 radical (unpaired) electrons. The first kappa shape index (κ1) is 24.8. The molecular weight excluding hydrogens is 464 g/mol. The maximum absolute atomic E-state index is 13.5. The average Bonchev–Trinajstić information content (AvgIpc) is 3.32. The Balaban J connectivity index is 1.49. The van der Waals surface area contributed by atoms with Crippen LogP contribution in [0.15, 0.2) is 53.5 Å². The number of carbonyl (C=O) groups is 1. The Morgan fingerprint density at radius 3 is 2.46 bits per heavy atom. The summed E-state index contributed by atoms with van der Waals surface area (Å²) in [7, 11) is 0. The summed E-state index contributed by atoms with van der Waals surface area (Å²) in [5.41, 5.74) is 6.71. The van der Waals surface area contributed by atoms with E-state index in [2.05, 4.69) is 69.8 Å². The number of rotatable bonds is 6. The van der Waals surface area contributed by atoms with Gasteiger partial charge in [0.25, 0.3) is 11.5 Å². The van der Waals surface area contributed by atoms with E-state index in [-0.39, 0.29) is 24.1 Å². The van der Waals surface area contributed by atoms with Crippen LogP contribution < -0.4 is 21.1 Å². The fourth-order valence-electron chi connectivity index (χ4n) is 5.06. The molecule has 0 aliphatic carbocycles. The maximum atomic E-state index is 13.5. The van der Waals surface area contributed by atoms with Crippen LogP contribution in [-0.2, 0) is 6.54 Å². The molecule has 1 fully saturated rings. The number of hydrogen-bond donors (Lipinski definition) is 3. The summed E-state index contributed by atoms with van der Waals surface area (Å²) < 4.78 is 1.94. The molecule has 192 valence electrons. The summed E-state index contributed by atoms with van der Waals surface area (Å²) >= 11 is 0. The van der Waals surface area contributed by atoms with Crippen LogP contribution in [-0.4, -0.2) is 46.9 Å². The van der Waals surface area contributed by atoms with Gasteiger partial charge in [0.05, 0.1) is 17.3 Å². The molecule has 1 saturated heterocycles. The van der Waals surface area contributed by atoms with E-state index < -0.39 is 0 Å². The zero-order valence-electron chi connectivity index (χ0n) is 21.9. The third-order valence-electron chi connectivity index (χ3n) is 7.05. The molecule has 0 bridgehead atoms. The molecule has 1 aliphatic rings. The van der Waals surface area contributed by atoms with E-state index in [1.54, 1.807) is 6.20 Å². The van der Waals surface area contributed by atoms with Crippen molar-refractivity contribution in [2.24, 2.45) is 0 Å². The van der Waals surface area contributed by atoms with Crippen LogP contribution in [0.5, 0.6) is 0 Å². The number of aryl methyl sites for hydroxylation is 2. The van der Waals surface area contributed by atoms with Crippen molar-refractivity contribution in [1.82, 2.24) is 25.4 Å². The fourth-order valence-corrected chi connectivity index (χ4v) is 5.06. The Kier molecular flexibility index (Phi) is 6.84. The third kappa shape index (κ3) is 5.02. The van der Waals surface area contributed by atoms with Gasteiger partial charge in [0, 0.05) is 61.1 Å². The number of aromatic amines is 1. The van der Waals surface area contributed by atoms with E-state index in [1.165, 1.54) is 5.69 Å². The van der Waals surface area contributed by atoms with Gasteiger partial charge in [-0.1, -0.05) is 12.1 Å². The highest BCUT2D eigenvalue weighted by Crippen LogP contribution is 2.30. The number of nitrogens with zero attached hydrogens (tertiary/aromatic N) is 3. The Hall–Kier alpha value is -3.91. The molecule has 0 saturated carbocycles. The van der Waals surface area contributed by atoms with Crippen LogP contribution >= 0.6 is 0 Å². The van der Waals surface area contributed by atoms with Gasteiger partial charge >= 0.3 is 0 Å². The van der Waals surface area contributed by atoms with Crippen LogP contribution in [0.4, 0.5) is 5.69 Å². The smallest absolute Gasteiger partial charge is 0.253 e. The first-order valence-electron chi connectivity index (χ1n) is 12.9. The Bertz CT molecular complexity index is 1490. The van der Waals surface area contributed by atoms with Crippen molar-refractivity contribution in [2.45, 2.75) is 40.3 Å². The number of piperazine rings is 1. The lowest BCUT2D eigenvalue weighted by Crippen LogP contribution is -2.43. The molecule has 8 heteroatoms. The molecule has 5 rings (SSSR count). The molecule has 3 N–H and O–H groups in total. The van der Waals surface area contributed by atoms with Gasteiger partial charge in [-0.25, -0.2) is 0 Å². The van der Waals surface area contributed by atoms with Gasteiger partial charge in [0.2, 0.25) is 0 Å².